The van der Waals surface area contributed by atoms with Crippen LogP contribution in [0, 0.1) is 0 Å². The predicted molar refractivity (Wildman–Crippen MR) is 76.6 cm³/mol. The Morgan fingerprint density at radius 1 is 1.26 bits per heavy atom. The molecule has 5 heteroatoms. The Kier molecular flexibility index (Phi) is 3.90. The summed E-state index contributed by atoms with van der Waals surface area (Å²) in [5.74, 6) is 0.445. The van der Waals surface area contributed by atoms with Crippen LogP contribution < -0.4 is 0 Å². The lowest BCUT2D eigenvalue weighted by molar-refractivity contribution is 0.0465. The Morgan fingerprint density at radius 2 is 1.84 bits per heavy atom. The summed E-state index contributed by atoms with van der Waals surface area (Å²) in [6.07, 6.45) is 0.666. The molecule has 0 radical (unpaired) electrons. The lowest BCUT2D eigenvalue weighted by Gasteiger charge is -2.14. The minimum Gasteiger partial charge on any atom is -0.382 e. The van der Waals surface area contributed by atoms with Crippen molar-refractivity contribution in [2.75, 3.05) is 0 Å². The Morgan fingerprint density at radius 3 is 2.32 bits per heavy atom. The van der Waals surface area contributed by atoms with E-state index in [1.165, 1.54) is 0 Å². The highest BCUT2D eigenvalue weighted by atomic mass is 35.5. The molecule has 0 bridgehead atoms. The zero-order valence-corrected chi connectivity index (χ0v) is 12.5. The van der Waals surface area contributed by atoms with Crippen LogP contribution in [0.1, 0.15) is 32.1 Å². The number of nitrogens with zero attached hydrogens (tertiary/aromatic N) is 1. The van der Waals surface area contributed by atoms with Gasteiger partial charge >= 0.3 is 0 Å². The summed E-state index contributed by atoms with van der Waals surface area (Å²) in [6, 6.07) is 5.28. The fourth-order valence-corrected chi connectivity index (χ4v) is 2.62. The van der Waals surface area contributed by atoms with Crippen molar-refractivity contribution in [3.63, 3.8) is 0 Å². The van der Waals surface area contributed by atoms with Crippen LogP contribution in [0.15, 0.2) is 22.7 Å². The molecule has 0 saturated heterocycles. The highest BCUT2D eigenvalue weighted by Crippen LogP contribution is 2.39. The molecule has 0 aliphatic heterocycles. The van der Waals surface area contributed by atoms with Crippen LogP contribution in [0.4, 0.5) is 0 Å². The van der Waals surface area contributed by atoms with E-state index in [9.17, 15) is 5.11 Å². The molecule has 2 aromatic rings. The molecule has 0 aliphatic carbocycles. The van der Waals surface area contributed by atoms with E-state index < -0.39 is 5.60 Å². The average Bonchev–Trinajstić information content (AvgIpc) is 2.72. The van der Waals surface area contributed by atoms with Gasteiger partial charge in [0.15, 0.2) is 5.76 Å². The molecule has 0 atom stereocenters. The largest absolute Gasteiger partial charge is 0.382 e. The van der Waals surface area contributed by atoms with E-state index >= 15 is 0 Å². The molecule has 1 aromatic heterocycles. The van der Waals surface area contributed by atoms with E-state index in [0.29, 0.717) is 33.5 Å². The highest BCUT2D eigenvalue weighted by Gasteiger charge is 2.29. The van der Waals surface area contributed by atoms with Gasteiger partial charge in [0.2, 0.25) is 0 Å². The summed E-state index contributed by atoms with van der Waals surface area (Å²) in [5, 5.41) is 15.2. The van der Waals surface area contributed by atoms with Crippen LogP contribution in [0.25, 0.3) is 11.3 Å². The van der Waals surface area contributed by atoms with Crippen molar-refractivity contribution in [2.45, 2.75) is 32.8 Å². The van der Waals surface area contributed by atoms with Gasteiger partial charge in [-0.15, -0.1) is 0 Å². The molecular weight excluding hydrogens is 285 g/mol. The number of halogens is 2. The normalized spacial score (nSPS) is 11.9. The smallest absolute Gasteiger partial charge is 0.171 e. The van der Waals surface area contributed by atoms with E-state index in [0.717, 1.165) is 5.56 Å². The van der Waals surface area contributed by atoms with Gasteiger partial charge in [0.05, 0.1) is 10.0 Å². The minimum absolute atomic E-state index is 0.445. The monoisotopic (exact) mass is 299 g/mol. The molecule has 1 aromatic carbocycles. The van der Waals surface area contributed by atoms with Gasteiger partial charge in [-0.1, -0.05) is 41.3 Å². The number of aromatic nitrogens is 1. The van der Waals surface area contributed by atoms with Gasteiger partial charge in [-0.2, -0.15) is 0 Å². The van der Waals surface area contributed by atoms with E-state index in [1.807, 2.05) is 6.92 Å². The third kappa shape index (κ3) is 2.64. The highest BCUT2D eigenvalue weighted by molar-refractivity contribution is 6.39. The van der Waals surface area contributed by atoms with Crippen LogP contribution in [-0.4, -0.2) is 10.3 Å². The summed E-state index contributed by atoms with van der Waals surface area (Å²) in [4.78, 5) is 0. The SMILES string of the molecule is CCc1c(-c2c(Cl)cccc2Cl)noc1C(C)(C)O. The van der Waals surface area contributed by atoms with Crippen molar-refractivity contribution in [3.05, 3.63) is 39.6 Å². The van der Waals surface area contributed by atoms with Gasteiger partial charge in [0.25, 0.3) is 0 Å². The molecule has 1 heterocycles. The number of hydrogen-bond acceptors (Lipinski definition) is 3. The van der Waals surface area contributed by atoms with Gasteiger partial charge < -0.3 is 9.63 Å². The van der Waals surface area contributed by atoms with Crippen molar-refractivity contribution in [1.82, 2.24) is 5.16 Å². The molecule has 0 spiro atoms. The maximum Gasteiger partial charge on any atom is 0.171 e. The van der Waals surface area contributed by atoms with Crippen molar-refractivity contribution in [3.8, 4) is 11.3 Å². The number of hydrogen-bond donors (Lipinski definition) is 1. The Bertz CT molecular complexity index is 580. The second-order valence-corrected chi connectivity index (χ2v) is 5.66. The molecular formula is C14H15Cl2NO2. The average molecular weight is 300 g/mol. The maximum absolute atomic E-state index is 10.1. The van der Waals surface area contributed by atoms with Crippen LogP contribution in [0.3, 0.4) is 0 Å². The van der Waals surface area contributed by atoms with Crippen molar-refractivity contribution in [2.24, 2.45) is 0 Å². The van der Waals surface area contributed by atoms with Crippen LogP contribution in [0.2, 0.25) is 10.0 Å². The Hall–Kier alpha value is -1.03. The van der Waals surface area contributed by atoms with Crippen molar-refractivity contribution in [1.29, 1.82) is 0 Å². The molecule has 3 nitrogen and oxygen atoms in total. The second kappa shape index (κ2) is 5.16. The third-order valence-electron chi connectivity index (χ3n) is 2.90. The van der Waals surface area contributed by atoms with Gasteiger partial charge in [0, 0.05) is 11.1 Å². The van der Waals surface area contributed by atoms with E-state index in [4.69, 9.17) is 27.7 Å². The first-order valence-corrected chi connectivity index (χ1v) is 6.77. The molecule has 1 N–H and O–H groups in total. The second-order valence-electron chi connectivity index (χ2n) is 4.85. The van der Waals surface area contributed by atoms with Crippen molar-refractivity contribution >= 4 is 23.2 Å². The molecule has 0 amide bonds. The van der Waals surface area contributed by atoms with Crippen molar-refractivity contribution < 1.29 is 9.63 Å². The molecule has 0 unspecified atom stereocenters. The van der Waals surface area contributed by atoms with E-state index in [-0.39, 0.29) is 0 Å². The lowest BCUT2D eigenvalue weighted by Crippen LogP contribution is -2.16. The number of rotatable bonds is 3. The van der Waals surface area contributed by atoms with Gasteiger partial charge in [-0.3, -0.25) is 0 Å². The van der Waals surface area contributed by atoms with E-state index in [2.05, 4.69) is 5.16 Å². The van der Waals surface area contributed by atoms with Crippen LogP contribution >= 0.6 is 23.2 Å². The summed E-state index contributed by atoms with van der Waals surface area (Å²) in [5.41, 5.74) is 0.962. The molecule has 0 saturated carbocycles. The van der Waals surface area contributed by atoms with Crippen LogP contribution in [-0.2, 0) is 12.0 Å². The first-order chi connectivity index (χ1) is 8.86. The first-order valence-electron chi connectivity index (χ1n) is 6.02. The zero-order valence-electron chi connectivity index (χ0n) is 11.0. The Balaban J connectivity index is 2.68. The Labute approximate surface area is 122 Å². The topological polar surface area (TPSA) is 46.3 Å². The molecule has 19 heavy (non-hydrogen) atoms. The molecule has 2 rings (SSSR count). The zero-order chi connectivity index (χ0) is 14.2. The summed E-state index contributed by atoms with van der Waals surface area (Å²) < 4.78 is 5.30. The number of aliphatic hydroxyl groups is 1. The summed E-state index contributed by atoms with van der Waals surface area (Å²) >= 11 is 12.4. The summed E-state index contributed by atoms with van der Waals surface area (Å²) in [7, 11) is 0. The molecule has 0 aliphatic rings. The standard InChI is InChI=1S/C14H15Cl2NO2/c1-4-8-12(17-19-13(8)14(2,3)18)11-9(15)6-5-7-10(11)16/h5-7,18H,4H2,1-3H3. The van der Waals surface area contributed by atoms with Gasteiger partial charge in [-0.25, -0.2) is 0 Å². The van der Waals surface area contributed by atoms with Crippen LogP contribution in [0.5, 0.6) is 0 Å². The van der Waals surface area contributed by atoms with E-state index in [1.54, 1.807) is 32.0 Å². The van der Waals surface area contributed by atoms with Gasteiger partial charge in [-0.05, 0) is 32.4 Å². The fourth-order valence-electron chi connectivity index (χ4n) is 2.04. The van der Waals surface area contributed by atoms with Gasteiger partial charge in [0.1, 0.15) is 11.3 Å². The number of benzene rings is 1. The predicted octanol–water partition coefficient (Wildman–Crippen LogP) is 4.44. The third-order valence-corrected chi connectivity index (χ3v) is 3.53. The quantitative estimate of drug-likeness (QED) is 0.911. The lowest BCUT2D eigenvalue weighted by atomic mass is 9.96. The first kappa shape index (κ1) is 14.4. The molecule has 102 valence electrons. The fraction of sp³-hybridized carbons (Fsp3) is 0.357. The minimum atomic E-state index is -1.09. The maximum atomic E-state index is 10.1. The molecule has 0 fully saturated rings. The summed E-state index contributed by atoms with van der Waals surface area (Å²) in [6.45, 7) is 5.28.